The Morgan fingerprint density at radius 1 is 1.42 bits per heavy atom. The summed E-state index contributed by atoms with van der Waals surface area (Å²) in [5.41, 5.74) is 0.538. The molecule has 0 saturated heterocycles. The van der Waals surface area contributed by atoms with Gasteiger partial charge < -0.3 is 9.84 Å². The van der Waals surface area contributed by atoms with Crippen molar-refractivity contribution in [3.05, 3.63) is 75.4 Å². The third-order valence-corrected chi connectivity index (χ3v) is 6.03. The number of aliphatic hydroxyl groups excluding tert-OH is 1. The molecule has 0 aliphatic heterocycles. The monoisotopic (exact) mass is 460 g/mol. The van der Waals surface area contributed by atoms with Gasteiger partial charge in [-0.15, -0.1) is 11.3 Å². The number of esters is 1. The zero-order chi connectivity index (χ0) is 22.4. The van der Waals surface area contributed by atoms with E-state index in [-0.39, 0.29) is 29.7 Å². The number of hydrogen-bond acceptors (Lipinski definition) is 7. The van der Waals surface area contributed by atoms with Crippen LogP contribution in [0.5, 0.6) is 0 Å². The third kappa shape index (κ3) is 5.42. The minimum Gasteiger partial charge on any atom is -0.512 e. The molecule has 162 valence electrons. The summed E-state index contributed by atoms with van der Waals surface area (Å²) in [7, 11) is 0. The second kappa shape index (κ2) is 10.4. The van der Waals surface area contributed by atoms with E-state index in [9.17, 15) is 19.1 Å². The van der Waals surface area contributed by atoms with Crippen LogP contribution < -0.4 is 5.56 Å². The molecule has 9 heteroatoms. The Bertz CT molecular complexity index is 1210. The highest BCUT2D eigenvalue weighted by molar-refractivity contribution is 7.99. The van der Waals surface area contributed by atoms with Gasteiger partial charge in [-0.1, -0.05) is 30.0 Å². The third-order valence-electron chi connectivity index (χ3n) is 4.20. The highest BCUT2D eigenvalue weighted by Gasteiger charge is 2.19. The number of carbonyl (C=O) groups excluding carboxylic acids is 1. The first-order chi connectivity index (χ1) is 14.9. The molecule has 0 radical (unpaired) electrons. The van der Waals surface area contributed by atoms with Gasteiger partial charge in [-0.05, 0) is 49.1 Å². The largest absolute Gasteiger partial charge is 0.512 e. The summed E-state index contributed by atoms with van der Waals surface area (Å²) in [6.45, 7) is 3.80. The number of aromatic nitrogens is 2. The molecule has 0 aliphatic carbocycles. The number of allylic oxidation sites excluding steroid dienone is 4. The van der Waals surface area contributed by atoms with Gasteiger partial charge in [-0.25, -0.2) is 9.37 Å². The summed E-state index contributed by atoms with van der Waals surface area (Å²) in [5.74, 6) is -0.858. The smallest absolute Gasteiger partial charge is 0.316 e. The van der Waals surface area contributed by atoms with Gasteiger partial charge in [0.25, 0.3) is 5.56 Å². The first-order valence-electron chi connectivity index (χ1n) is 9.52. The number of ether oxygens (including phenoxy) is 1. The van der Waals surface area contributed by atoms with Gasteiger partial charge >= 0.3 is 5.97 Å². The Labute approximate surface area is 186 Å². The standard InChI is InChI=1S/C22H21FN2O4S2/c1-3-5-9-17(26)10-14-12-30-20-19(14)21(28)25(16-8-6-7-15(23)11-16)22(24-20)31-13-18(27)29-4-2/h3,5-9,11-12,26H,4,10,13H2,1-2H3/b5-3-,17-9+. The number of carbonyl (C=O) groups is 1. The summed E-state index contributed by atoms with van der Waals surface area (Å²) >= 11 is 2.33. The van der Waals surface area contributed by atoms with E-state index in [2.05, 4.69) is 4.98 Å². The van der Waals surface area contributed by atoms with Gasteiger partial charge in [-0.3, -0.25) is 14.2 Å². The molecule has 0 bridgehead atoms. The molecular weight excluding hydrogens is 439 g/mol. The number of fused-ring (bicyclic) bond motifs is 1. The van der Waals surface area contributed by atoms with Gasteiger partial charge in [-0.2, -0.15) is 0 Å². The van der Waals surface area contributed by atoms with Crippen molar-refractivity contribution < 1.29 is 19.0 Å². The molecule has 0 saturated carbocycles. The second-order valence-electron chi connectivity index (χ2n) is 6.41. The number of thioether (sulfide) groups is 1. The lowest BCUT2D eigenvalue weighted by molar-refractivity contribution is -0.139. The van der Waals surface area contributed by atoms with Crippen LogP contribution in [0.15, 0.2) is 63.6 Å². The van der Waals surface area contributed by atoms with Crippen LogP contribution in [0.25, 0.3) is 15.9 Å². The lowest BCUT2D eigenvalue weighted by Gasteiger charge is -2.12. The van der Waals surface area contributed by atoms with Crippen LogP contribution in [0.4, 0.5) is 4.39 Å². The topological polar surface area (TPSA) is 81.4 Å². The maximum absolute atomic E-state index is 13.9. The van der Waals surface area contributed by atoms with Gasteiger partial charge in [0.15, 0.2) is 5.16 Å². The Morgan fingerprint density at radius 3 is 2.94 bits per heavy atom. The molecule has 6 nitrogen and oxygen atoms in total. The Kier molecular flexibility index (Phi) is 7.64. The number of nitrogens with zero attached hydrogens (tertiary/aromatic N) is 2. The quantitative estimate of drug-likeness (QED) is 0.171. The maximum Gasteiger partial charge on any atom is 0.316 e. The van der Waals surface area contributed by atoms with Crippen molar-refractivity contribution in [2.24, 2.45) is 0 Å². The van der Waals surface area contributed by atoms with Crippen molar-refractivity contribution in [1.29, 1.82) is 0 Å². The number of rotatable bonds is 8. The van der Waals surface area contributed by atoms with Crippen LogP contribution in [0.2, 0.25) is 0 Å². The molecule has 2 aromatic heterocycles. The molecule has 0 unspecified atom stereocenters. The fourth-order valence-corrected chi connectivity index (χ4v) is 4.68. The van der Waals surface area contributed by atoms with Crippen LogP contribution in [0, 0.1) is 5.82 Å². The van der Waals surface area contributed by atoms with Gasteiger partial charge in [0, 0.05) is 6.42 Å². The van der Waals surface area contributed by atoms with Crippen molar-refractivity contribution in [3.63, 3.8) is 0 Å². The number of hydrogen-bond donors (Lipinski definition) is 1. The molecule has 0 spiro atoms. The summed E-state index contributed by atoms with van der Waals surface area (Å²) in [4.78, 5) is 30.3. The zero-order valence-electron chi connectivity index (χ0n) is 17.0. The number of thiophene rings is 1. The molecule has 0 atom stereocenters. The van der Waals surface area contributed by atoms with Crippen molar-refractivity contribution in [1.82, 2.24) is 9.55 Å². The Hall–Kier alpha value is -2.91. The minimum absolute atomic E-state index is 0.0355. The van der Waals surface area contributed by atoms with E-state index in [0.717, 1.165) is 11.8 Å². The molecule has 1 aromatic carbocycles. The molecule has 31 heavy (non-hydrogen) atoms. The van der Waals surface area contributed by atoms with E-state index in [1.54, 1.807) is 36.6 Å². The maximum atomic E-state index is 13.9. The predicted molar refractivity (Wildman–Crippen MR) is 122 cm³/mol. The first-order valence-corrected chi connectivity index (χ1v) is 11.4. The van der Waals surface area contributed by atoms with E-state index in [1.165, 1.54) is 34.1 Å². The van der Waals surface area contributed by atoms with Crippen LogP contribution in [0.1, 0.15) is 19.4 Å². The normalized spacial score (nSPS) is 12.0. The average molecular weight is 461 g/mol. The van der Waals surface area contributed by atoms with E-state index >= 15 is 0 Å². The van der Waals surface area contributed by atoms with Gasteiger partial charge in [0.05, 0.1) is 29.2 Å². The number of halogens is 1. The first kappa shape index (κ1) is 22.8. The Balaban J connectivity index is 2.13. The van der Waals surface area contributed by atoms with E-state index in [4.69, 9.17) is 4.74 Å². The number of aliphatic hydroxyl groups is 1. The SMILES string of the molecule is C/C=C\C=C(\O)Cc1csc2nc(SCC(=O)OCC)n(-c3cccc(F)c3)c(=O)c12. The molecular formula is C22H21FN2O4S2. The zero-order valence-corrected chi connectivity index (χ0v) is 18.6. The summed E-state index contributed by atoms with van der Waals surface area (Å²) in [5, 5.41) is 12.5. The van der Waals surface area contributed by atoms with E-state index in [1.807, 2.05) is 6.92 Å². The molecule has 1 N–H and O–H groups in total. The van der Waals surface area contributed by atoms with Crippen LogP contribution in [0.3, 0.4) is 0 Å². The summed E-state index contributed by atoms with van der Waals surface area (Å²) in [6, 6.07) is 5.62. The highest BCUT2D eigenvalue weighted by atomic mass is 32.2. The number of benzene rings is 1. The van der Waals surface area contributed by atoms with Crippen molar-refractivity contribution >= 4 is 39.3 Å². The molecule has 2 heterocycles. The van der Waals surface area contributed by atoms with Gasteiger partial charge in [0.2, 0.25) is 0 Å². The average Bonchev–Trinajstić information content (AvgIpc) is 3.13. The molecule has 3 rings (SSSR count). The minimum atomic E-state index is -0.497. The van der Waals surface area contributed by atoms with Crippen LogP contribution in [-0.4, -0.2) is 33.0 Å². The summed E-state index contributed by atoms with van der Waals surface area (Å²) < 4.78 is 20.1. The molecule has 0 fully saturated rings. The van der Waals surface area contributed by atoms with Crippen LogP contribution in [-0.2, 0) is 16.0 Å². The predicted octanol–water partition coefficient (Wildman–Crippen LogP) is 4.80. The molecule has 0 amide bonds. The fourth-order valence-electron chi connectivity index (χ4n) is 2.89. The van der Waals surface area contributed by atoms with E-state index in [0.29, 0.717) is 21.5 Å². The van der Waals surface area contributed by atoms with Crippen molar-refractivity contribution in [2.75, 3.05) is 12.4 Å². The summed E-state index contributed by atoms with van der Waals surface area (Å²) in [6.07, 6.45) is 5.22. The highest BCUT2D eigenvalue weighted by Crippen LogP contribution is 2.28. The van der Waals surface area contributed by atoms with Crippen molar-refractivity contribution in [3.8, 4) is 5.69 Å². The van der Waals surface area contributed by atoms with E-state index < -0.39 is 17.3 Å². The molecule has 3 aromatic rings. The lowest BCUT2D eigenvalue weighted by Crippen LogP contribution is -2.22. The Morgan fingerprint density at radius 2 is 2.23 bits per heavy atom. The lowest BCUT2D eigenvalue weighted by atomic mass is 10.1. The second-order valence-corrected chi connectivity index (χ2v) is 8.21. The van der Waals surface area contributed by atoms with Crippen LogP contribution >= 0.6 is 23.1 Å². The van der Waals surface area contributed by atoms with Gasteiger partial charge in [0.1, 0.15) is 10.6 Å². The van der Waals surface area contributed by atoms with Crippen molar-refractivity contribution in [2.45, 2.75) is 25.4 Å². The molecule has 0 aliphatic rings. The fraction of sp³-hybridized carbons (Fsp3) is 0.227.